The van der Waals surface area contributed by atoms with Gasteiger partial charge >= 0.3 is 0 Å². The smallest absolute Gasteiger partial charge is 0.137 e. The first kappa shape index (κ1) is 21.2. The first-order chi connectivity index (χ1) is 10.3. The Hall–Kier alpha value is 0.130. The summed E-state index contributed by atoms with van der Waals surface area (Å²) < 4.78 is 14.7. The molecule has 132 valence electrons. The fourth-order valence-electron chi connectivity index (χ4n) is 3.91. The van der Waals surface area contributed by atoms with Crippen molar-refractivity contribution in [1.82, 2.24) is 10.2 Å². The van der Waals surface area contributed by atoms with Crippen molar-refractivity contribution < 1.29 is 4.39 Å². The Morgan fingerprint density at radius 2 is 1.74 bits per heavy atom. The van der Waals surface area contributed by atoms with Crippen molar-refractivity contribution in [2.45, 2.75) is 38.1 Å². The zero-order valence-corrected chi connectivity index (χ0v) is 16.5. The second-order valence-corrected chi connectivity index (χ2v) is 7.06. The number of nitrogens with one attached hydrogen (secondary N) is 1. The summed E-state index contributed by atoms with van der Waals surface area (Å²) in [4.78, 5) is 2.56. The fourth-order valence-corrected chi connectivity index (χ4v) is 4.41. The molecule has 1 heterocycles. The lowest BCUT2D eigenvalue weighted by molar-refractivity contribution is 0.102. The van der Waals surface area contributed by atoms with Gasteiger partial charge in [0.05, 0.1) is 4.47 Å². The summed E-state index contributed by atoms with van der Waals surface area (Å²) in [7, 11) is 0. The summed E-state index contributed by atoms with van der Waals surface area (Å²) in [5.41, 5.74) is 1.14. The van der Waals surface area contributed by atoms with Crippen LogP contribution in [0.15, 0.2) is 22.7 Å². The second-order valence-electron chi connectivity index (χ2n) is 6.27. The van der Waals surface area contributed by atoms with Crippen molar-refractivity contribution >= 4 is 40.7 Å². The average Bonchev–Trinajstić information content (AvgIpc) is 2.54. The molecule has 1 atom stereocenters. The summed E-state index contributed by atoms with van der Waals surface area (Å²) in [6, 6.07) is 5.86. The van der Waals surface area contributed by atoms with Gasteiger partial charge in [-0.3, -0.25) is 4.90 Å². The lowest BCUT2D eigenvalue weighted by Crippen LogP contribution is -2.47. The van der Waals surface area contributed by atoms with Crippen LogP contribution < -0.4 is 5.32 Å². The van der Waals surface area contributed by atoms with Crippen molar-refractivity contribution in [2.24, 2.45) is 5.92 Å². The van der Waals surface area contributed by atoms with Crippen molar-refractivity contribution in [1.29, 1.82) is 0 Å². The van der Waals surface area contributed by atoms with Crippen LogP contribution in [0.2, 0.25) is 0 Å². The standard InChI is InChI=1S/C17H24BrFN2.2ClH/c18-16-14(7-4-8-15(16)19)17(13-5-2-1-3-6-13)21-11-9-20-10-12-21;;/h4,7-8,13,17,20H,1-3,5-6,9-12H2;2*1H/t17-;;/m1../s1. The summed E-state index contributed by atoms with van der Waals surface area (Å²) in [6.45, 7) is 4.19. The van der Waals surface area contributed by atoms with Crippen LogP contribution in [-0.4, -0.2) is 31.1 Å². The van der Waals surface area contributed by atoms with Gasteiger partial charge in [0.25, 0.3) is 0 Å². The Morgan fingerprint density at radius 1 is 1.09 bits per heavy atom. The first-order valence-corrected chi connectivity index (χ1v) is 8.95. The molecular weight excluding hydrogens is 402 g/mol. The molecule has 0 bridgehead atoms. The zero-order chi connectivity index (χ0) is 14.7. The highest BCUT2D eigenvalue weighted by atomic mass is 79.9. The molecule has 1 saturated heterocycles. The van der Waals surface area contributed by atoms with Gasteiger partial charge in [-0.1, -0.05) is 31.4 Å². The van der Waals surface area contributed by atoms with Gasteiger partial charge in [0.2, 0.25) is 0 Å². The number of halogens is 4. The Morgan fingerprint density at radius 3 is 2.39 bits per heavy atom. The molecule has 0 aromatic heterocycles. The molecule has 0 spiro atoms. The number of hydrogen-bond acceptors (Lipinski definition) is 2. The highest BCUT2D eigenvalue weighted by Crippen LogP contribution is 2.41. The van der Waals surface area contributed by atoms with Gasteiger partial charge < -0.3 is 5.32 Å². The molecule has 3 rings (SSSR count). The average molecular weight is 428 g/mol. The molecule has 2 fully saturated rings. The van der Waals surface area contributed by atoms with Crippen LogP contribution in [0.4, 0.5) is 4.39 Å². The third-order valence-electron chi connectivity index (χ3n) is 4.94. The molecule has 2 nitrogen and oxygen atoms in total. The van der Waals surface area contributed by atoms with Gasteiger partial charge in [-0.05, 0) is 46.3 Å². The number of hydrogen-bond donors (Lipinski definition) is 1. The largest absolute Gasteiger partial charge is 0.314 e. The Bertz CT molecular complexity index is 460. The summed E-state index contributed by atoms with van der Waals surface area (Å²) in [5, 5.41) is 3.42. The van der Waals surface area contributed by atoms with Crippen LogP contribution in [0.25, 0.3) is 0 Å². The highest BCUT2D eigenvalue weighted by molar-refractivity contribution is 9.10. The lowest BCUT2D eigenvalue weighted by atomic mass is 9.80. The van der Waals surface area contributed by atoms with Crippen molar-refractivity contribution in [2.75, 3.05) is 26.2 Å². The van der Waals surface area contributed by atoms with Gasteiger partial charge in [0.1, 0.15) is 5.82 Å². The molecule has 0 unspecified atom stereocenters. The normalized spacial score (nSPS) is 21.1. The molecule has 23 heavy (non-hydrogen) atoms. The second kappa shape index (κ2) is 10.2. The van der Waals surface area contributed by atoms with Gasteiger partial charge in [0, 0.05) is 32.2 Å². The Kier molecular flexibility index (Phi) is 9.39. The van der Waals surface area contributed by atoms with Crippen molar-refractivity contribution in [3.05, 3.63) is 34.1 Å². The van der Waals surface area contributed by atoms with Gasteiger partial charge in [-0.25, -0.2) is 4.39 Å². The van der Waals surface area contributed by atoms with Crippen LogP contribution in [0.3, 0.4) is 0 Å². The maximum atomic E-state index is 14.0. The van der Waals surface area contributed by atoms with Crippen LogP contribution in [0.1, 0.15) is 43.7 Å². The van der Waals surface area contributed by atoms with Gasteiger partial charge in [0.15, 0.2) is 0 Å². The third kappa shape index (κ3) is 5.05. The minimum absolute atomic E-state index is 0. The number of benzene rings is 1. The maximum absolute atomic E-state index is 14.0. The Balaban J connectivity index is 0.00000132. The predicted octanol–water partition coefficient (Wildman–Crippen LogP) is 4.96. The zero-order valence-electron chi connectivity index (χ0n) is 13.3. The highest BCUT2D eigenvalue weighted by Gasteiger charge is 2.32. The van der Waals surface area contributed by atoms with E-state index in [1.54, 1.807) is 6.07 Å². The Labute approximate surface area is 159 Å². The molecule has 1 aromatic carbocycles. The molecule has 0 radical (unpaired) electrons. The summed E-state index contributed by atoms with van der Waals surface area (Å²) >= 11 is 3.50. The molecule has 1 aromatic rings. The van der Waals surface area contributed by atoms with E-state index in [2.05, 4.69) is 32.2 Å². The van der Waals surface area contributed by atoms with Crippen LogP contribution in [0, 0.1) is 11.7 Å². The quantitative estimate of drug-likeness (QED) is 0.733. The third-order valence-corrected chi connectivity index (χ3v) is 5.78. The fraction of sp³-hybridized carbons (Fsp3) is 0.647. The predicted molar refractivity (Wildman–Crippen MR) is 102 cm³/mol. The molecule has 1 saturated carbocycles. The molecule has 1 aliphatic carbocycles. The topological polar surface area (TPSA) is 15.3 Å². The van der Waals surface area contributed by atoms with E-state index >= 15 is 0 Å². The summed E-state index contributed by atoms with van der Waals surface area (Å²) in [6.07, 6.45) is 6.55. The molecule has 1 N–H and O–H groups in total. The van der Waals surface area contributed by atoms with E-state index in [-0.39, 0.29) is 30.6 Å². The lowest BCUT2D eigenvalue weighted by Gasteiger charge is -2.41. The minimum Gasteiger partial charge on any atom is -0.314 e. The maximum Gasteiger partial charge on any atom is 0.137 e. The van der Waals surface area contributed by atoms with E-state index < -0.39 is 0 Å². The molecule has 1 aliphatic heterocycles. The van der Waals surface area contributed by atoms with Crippen LogP contribution in [-0.2, 0) is 0 Å². The van der Waals surface area contributed by atoms with E-state index in [9.17, 15) is 4.39 Å². The SMILES string of the molecule is Cl.Cl.Fc1cccc([C@@H](C2CCCCC2)N2CCNCC2)c1Br. The monoisotopic (exact) mass is 426 g/mol. The molecule has 2 aliphatic rings. The number of rotatable bonds is 3. The van der Waals surface area contributed by atoms with E-state index in [0.717, 1.165) is 31.7 Å². The first-order valence-electron chi connectivity index (χ1n) is 8.16. The van der Waals surface area contributed by atoms with Crippen molar-refractivity contribution in [3.63, 3.8) is 0 Å². The van der Waals surface area contributed by atoms with Gasteiger partial charge in [-0.2, -0.15) is 0 Å². The van der Waals surface area contributed by atoms with Crippen molar-refractivity contribution in [3.8, 4) is 0 Å². The number of nitrogens with zero attached hydrogens (tertiary/aromatic N) is 1. The minimum atomic E-state index is -0.136. The van der Waals surface area contributed by atoms with E-state index in [1.165, 1.54) is 32.1 Å². The van der Waals surface area contributed by atoms with Crippen LogP contribution in [0.5, 0.6) is 0 Å². The molecular formula is C17H26BrCl2FN2. The van der Waals surface area contributed by atoms with E-state index in [4.69, 9.17) is 0 Å². The van der Waals surface area contributed by atoms with E-state index in [1.807, 2.05) is 6.07 Å². The summed E-state index contributed by atoms with van der Waals surface area (Å²) in [5.74, 6) is 0.526. The molecule has 0 amide bonds. The number of piperazine rings is 1. The van der Waals surface area contributed by atoms with E-state index in [0.29, 0.717) is 16.4 Å². The van der Waals surface area contributed by atoms with Gasteiger partial charge in [-0.15, -0.1) is 24.8 Å². The van der Waals surface area contributed by atoms with Crippen LogP contribution >= 0.6 is 40.7 Å². The molecule has 6 heteroatoms.